The van der Waals surface area contributed by atoms with E-state index in [4.69, 9.17) is 4.42 Å². The lowest BCUT2D eigenvalue weighted by atomic mass is 10.0. The lowest BCUT2D eigenvalue weighted by Gasteiger charge is -2.31. The van der Waals surface area contributed by atoms with E-state index in [2.05, 4.69) is 27.3 Å². The van der Waals surface area contributed by atoms with Gasteiger partial charge in [0.25, 0.3) is 0 Å². The maximum Gasteiger partial charge on any atom is 0.324 e. The van der Waals surface area contributed by atoms with Crippen molar-refractivity contribution in [2.24, 2.45) is 5.92 Å². The Labute approximate surface area is 173 Å². The summed E-state index contributed by atoms with van der Waals surface area (Å²) in [6.45, 7) is 7.31. The van der Waals surface area contributed by atoms with Crippen molar-refractivity contribution >= 4 is 29.6 Å². The number of carbonyl (C=O) groups excluding carboxylic acids is 2. The number of aromatic nitrogens is 3. The van der Waals surface area contributed by atoms with Crippen LogP contribution in [0.4, 0.5) is 10.7 Å². The third-order valence-corrected chi connectivity index (χ3v) is 6.35. The van der Waals surface area contributed by atoms with Crippen LogP contribution in [0.2, 0.25) is 0 Å². The fourth-order valence-electron chi connectivity index (χ4n) is 3.78. The highest BCUT2D eigenvalue weighted by molar-refractivity contribution is 8.00. The highest BCUT2D eigenvalue weighted by atomic mass is 32.2. The number of hydrogen-bond acceptors (Lipinski definition) is 7. The summed E-state index contributed by atoms with van der Waals surface area (Å²) in [5.74, 6) is 1.98. The predicted octanol–water partition coefficient (Wildman–Crippen LogP) is 2.19. The van der Waals surface area contributed by atoms with Crippen LogP contribution in [0.15, 0.2) is 28.0 Å². The van der Waals surface area contributed by atoms with Gasteiger partial charge in [-0.3, -0.25) is 14.3 Å². The van der Waals surface area contributed by atoms with E-state index < -0.39 is 5.25 Å². The predicted molar refractivity (Wildman–Crippen MR) is 109 cm³/mol. The number of rotatable bonds is 6. The fourth-order valence-corrected chi connectivity index (χ4v) is 4.69. The molecule has 0 aliphatic carbocycles. The summed E-state index contributed by atoms with van der Waals surface area (Å²) < 4.78 is 7.55. The number of imide groups is 1. The second-order valence-corrected chi connectivity index (χ2v) is 8.93. The molecule has 2 fully saturated rings. The van der Waals surface area contributed by atoms with Crippen molar-refractivity contribution in [3.05, 3.63) is 24.2 Å². The molecule has 9 nitrogen and oxygen atoms in total. The van der Waals surface area contributed by atoms with Crippen LogP contribution in [0, 0.1) is 5.92 Å². The molecule has 3 amide bonds. The number of urea groups is 1. The summed E-state index contributed by atoms with van der Waals surface area (Å²) in [6.07, 6.45) is 3.98. The zero-order valence-electron chi connectivity index (χ0n) is 16.7. The third-order valence-electron chi connectivity index (χ3n) is 5.28. The Kier molecular flexibility index (Phi) is 5.79. The molecule has 0 aromatic carbocycles. The molecule has 2 atom stereocenters. The van der Waals surface area contributed by atoms with E-state index in [0.29, 0.717) is 30.7 Å². The topological polar surface area (TPSA) is 96.5 Å². The quantitative estimate of drug-likeness (QED) is 0.718. The molecule has 0 saturated carbocycles. The summed E-state index contributed by atoms with van der Waals surface area (Å²) in [4.78, 5) is 28.0. The molecule has 0 bridgehead atoms. The van der Waals surface area contributed by atoms with Gasteiger partial charge >= 0.3 is 6.03 Å². The minimum Gasteiger partial charge on any atom is -0.467 e. The van der Waals surface area contributed by atoms with Crippen LogP contribution in [0.1, 0.15) is 32.4 Å². The Hall–Kier alpha value is -2.49. The Morgan fingerprint density at radius 2 is 2.28 bits per heavy atom. The average molecular weight is 419 g/mol. The molecular weight excluding hydrogens is 392 g/mol. The molecule has 29 heavy (non-hydrogen) atoms. The molecule has 4 heterocycles. The van der Waals surface area contributed by atoms with Crippen LogP contribution >= 0.6 is 11.8 Å². The number of piperidine rings is 1. The second kappa shape index (κ2) is 8.48. The van der Waals surface area contributed by atoms with Gasteiger partial charge in [-0.1, -0.05) is 18.7 Å². The minimum atomic E-state index is -0.452. The molecule has 2 saturated heterocycles. The smallest absolute Gasteiger partial charge is 0.324 e. The van der Waals surface area contributed by atoms with Crippen LogP contribution in [-0.4, -0.2) is 63.0 Å². The van der Waals surface area contributed by atoms with E-state index in [0.717, 1.165) is 31.2 Å². The number of anilines is 1. The first-order valence-electron chi connectivity index (χ1n) is 9.99. The van der Waals surface area contributed by atoms with E-state index in [-0.39, 0.29) is 11.9 Å². The van der Waals surface area contributed by atoms with Gasteiger partial charge in [0, 0.05) is 26.2 Å². The summed E-state index contributed by atoms with van der Waals surface area (Å²) in [5.41, 5.74) is 0. The molecule has 1 N–H and O–H groups in total. The van der Waals surface area contributed by atoms with E-state index in [1.165, 1.54) is 23.1 Å². The second-order valence-electron chi connectivity index (χ2n) is 7.62. The minimum absolute atomic E-state index is 0.217. The Bertz CT molecular complexity index is 867. The van der Waals surface area contributed by atoms with Crippen LogP contribution in [0.3, 0.4) is 0 Å². The lowest BCUT2D eigenvalue weighted by molar-refractivity contribution is -0.126. The van der Waals surface area contributed by atoms with Crippen molar-refractivity contribution in [1.82, 2.24) is 25.0 Å². The number of amides is 3. The number of hydrogen-bond donors (Lipinski definition) is 1. The molecule has 10 heteroatoms. The molecule has 2 aromatic rings. The van der Waals surface area contributed by atoms with Crippen molar-refractivity contribution in [3.63, 3.8) is 0 Å². The number of furan rings is 1. The van der Waals surface area contributed by atoms with Gasteiger partial charge in [-0.15, -0.1) is 10.2 Å². The average Bonchev–Trinajstić information content (AvgIpc) is 3.44. The highest BCUT2D eigenvalue weighted by Gasteiger charge is 2.32. The van der Waals surface area contributed by atoms with Crippen LogP contribution in [0.25, 0.3) is 0 Å². The molecule has 156 valence electrons. The number of thioether (sulfide) groups is 1. The largest absolute Gasteiger partial charge is 0.467 e. The van der Waals surface area contributed by atoms with Gasteiger partial charge in [-0.25, -0.2) is 4.79 Å². The standard InChI is InChI=1S/C19H26N6O3S/c1-13-5-3-8-23(11-13)17-21-22-19(25(17)12-15-6-4-10-28-15)29-14(2)16(26)24-9-7-20-18(24)27/h4,6,10,13-14H,3,5,7-9,11-12H2,1-2H3,(H,20,27)/t13-,14+/m1/s1. The van der Waals surface area contributed by atoms with Crippen molar-refractivity contribution in [3.8, 4) is 0 Å². The first-order chi connectivity index (χ1) is 14.0. The zero-order chi connectivity index (χ0) is 20.4. The molecule has 0 radical (unpaired) electrons. The van der Waals surface area contributed by atoms with Crippen molar-refractivity contribution in [2.45, 2.75) is 43.6 Å². The zero-order valence-corrected chi connectivity index (χ0v) is 17.5. The molecule has 0 unspecified atom stereocenters. The van der Waals surface area contributed by atoms with E-state index in [1.54, 1.807) is 13.2 Å². The summed E-state index contributed by atoms with van der Waals surface area (Å²) in [5, 5.41) is 11.7. The third kappa shape index (κ3) is 4.26. The van der Waals surface area contributed by atoms with Gasteiger partial charge in [0.05, 0.1) is 18.1 Å². The van der Waals surface area contributed by atoms with Crippen LogP contribution in [0.5, 0.6) is 0 Å². The molecule has 0 spiro atoms. The first-order valence-corrected chi connectivity index (χ1v) is 10.9. The Morgan fingerprint density at radius 1 is 1.41 bits per heavy atom. The van der Waals surface area contributed by atoms with Gasteiger partial charge in [-0.2, -0.15) is 0 Å². The van der Waals surface area contributed by atoms with Crippen molar-refractivity contribution in [2.75, 3.05) is 31.1 Å². The Morgan fingerprint density at radius 3 is 2.97 bits per heavy atom. The van der Waals surface area contributed by atoms with Crippen LogP contribution < -0.4 is 10.2 Å². The molecule has 2 aliphatic heterocycles. The van der Waals surface area contributed by atoms with Gasteiger partial charge < -0.3 is 14.6 Å². The van der Waals surface area contributed by atoms with E-state index >= 15 is 0 Å². The lowest BCUT2D eigenvalue weighted by Crippen LogP contribution is -2.39. The fraction of sp³-hybridized carbons (Fsp3) is 0.579. The molecular formula is C19H26N6O3S. The van der Waals surface area contributed by atoms with Gasteiger partial charge in [0.2, 0.25) is 11.9 Å². The summed E-state index contributed by atoms with van der Waals surface area (Å²) in [6, 6.07) is 3.44. The maximum absolute atomic E-state index is 12.7. The SMILES string of the molecule is C[C@@H]1CCCN(c2nnc(S[C@@H](C)C(=O)N3CCNC3=O)n2Cc2ccco2)C1. The maximum atomic E-state index is 12.7. The van der Waals surface area contributed by atoms with Crippen molar-refractivity contribution in [1.29, 1.82) is 0 Å². The number of nitrogens with zero attached hydrogens (tertiary/aromatic N) is 5. The molecule has 2 aliphatic rings. The van der Waals surface area contributed by atoms with Gasteiger partial charge in [-0.05, 0) is 37.8 Å². The first kappa shape index (κ1) is 19.8. The monoisotopic (exact) mass is 418 g/mol. The summed E-state index contributed by atoms with van der Waals surface area (Å²) in [7, 11) is 0. The molecule has 2 aromatic heterocycles. The highest BCUT2D eigenvalue weighted by Crippen LogP contribution is 2.30. The van der Waals surface area contributed by atoms with E-state index in [1.807, 2.05) is 16.7 Å². The van der Waals surface area contributed by atoms with Crippen LogP contribution in [-0.2, 0) is 11.3 Å². The van der Waals surface area contributed by atoms with E-state index in [9.17, 15) is 9.59 Å². The number of nitrogens with one attached hydrogen (secondary N) is 1. The van der Waals surface area contributed by atoms with Gasteiger partial charge in [0.1, 0.15) is 5.76 Å². The van der Waals surface area contributed by atoms with Gasteiger partial charge in [0.15, 0.2) is 5.16 Å². The molecule has 4 rings (SSSR count). The van der Waals surface area contributed by atoms with Crippen molar-refractivity contribution < 1.29 is 14.0 Å². The normalized spacial score (nSPS) is 20.8. The summed E-state index contributed by atoms with van der Waals surface area (Å²) >= 11 is 1.32. The Balaban J connectivity index is 1.57. The number of carbonyl (C=O) groups is 2.